The van der Waals surface area contributed by atoms with Crippen molar-refractivity contribution in [2.75, 3.05) is 20.8 Å². The Labute approximate surface area is 186 Å². The number of pyridine rings is 1. The molecule has 0 aliphatic carbocycles. The van der Waals surface area contributed by atoms with Crippen molar-refractivity contribution in [3.05, 3.63) is 94.3 Å². The Balaban J connectivity index is 1.80. The topological polar surface area (TPSA) is 73.0 Å². The summed E-state index contributed by atoms with van der Waals surface area (Å²) in [7, 11) is 3.07. The van der Waals surface area contributed by atoms with E-state index in [1.165, 1.54) is 17.2 Å². The molecule has 0 spiro atoms. The van der Waals surface area contributed by atoms with Gasteiger partial charge in [0.1, 0.15) is 0 Å². The summed E-state index contributed by atoms with van der Waals surface area (Å²) >= 11 is 0. The number of benzene rings is 3. The van der Waals surface area contributed by atoms with Crippen LogP contribution < -0.4 is 15.0 Å². The highest BCUT2D eigenvalue weighted by Gasteiger charge is 2.17. The van der Waals surface area contributed by atoms with Crippen molar-refractivity contribution < 1.29 is 14.6 Å². The Morgan fingerprint density at radius 3 is 2.31 bits per heavy atom. The zero-order valence-corrected chi connectivity index (χ0v) is 18.0. The Hall–Kier alpha value is -4.06. The molecule has 0 unspecified atom stereocenters. The van der Waals surface area contributed by atoms with Gasteiger partial charge in [-0.2, -0.15) is 0 Å². The predicted octanol–water partition coefficient (Wildman–Crippen LogP) is 4.38. The molecule has 6 nitrogen and oxygen atoms in total. The third-order valence-electron chi connectivity index (χ3n) is 5.32. The fourth-order valence-corrected chi connectivity index (χ4v) is 3.69. The summed E-state index contributed by atoms with van der Waals surface area (Å²) in [6.07, 6.45) is 2.42. The Morgan fingerprint density at radius 2 is 1.59 bits per heavy atom. The summed E-state index contributed by atoms with van der Waals surface area (Å²) < 4.78 is 11.9. The number of aromatic nitrogens is 1. The van der Waals surface area contributed by atoms with Gasteiger partial charge in [0.2, 0.25) is 5.88 Å². The molecule has 162 valence electrons. The van der Waals surface area contributed by atoms with Crippen LogP contribution in [0.25, 0.3) is 16.5 Å². The SMILES string of the molecule is COc1ccc(-n2c(O)c(C=NCCc3ccccc3)c3ccccc3c2=O)cc1OC. The molecule has 6 heteroatoms. The van der Waals surface area contributed by atoms with E-state index in [0.717, 1.165) is 6.42 Å². The molecule has 0 saturated carbocycles. The van der Waals surface area contributed by atoms with E-state index in [1.807, 2.05) is 30.3 Å². The molecular weight excluding hydrogens is 404 g/mol. The van der Waals surface area contributed by atoms with E-state index < -0.39 is 0 Å². The van der Waals surface area contributed by atoms with Gasteiger partial charge >= 0.3 is 0 Å². The van der Waals surface area contributed by atoms with Crippen LogP contribution in [0, 0.1) is 0 Å². The highest BCUT2D eigenvalue weighted by molar-refractivity contribution is 6.01. The largest absolute Gasteiger partial charge is 0.494 e. The van der Waals surface area contributed by atoms with Crippen LogP contribution >= 0.6 is 0 Å². The van der Waals surface area contributed by atoms with Gasteiger partial charge in [-0.1, -0.05) is 48.5 Å². The maximum absolute atomic E-state index is 13.3. The van der Waals surface area contributed by atoms with Crippen LogP contribution in [-0.2, 0) is 6.42 Å². The maximum atomic E-state index is 13.3. The van der Waals surface area contributed by atoms with Crippen molar-refractivity contribution in [3.8, 4) is 23.1 Å². The number of methoxy groups -OCH3 is 2. The summed E-state index contributed by atoms with van der Waals surface area (Å²) in [6, 6.07) is 22.3. The van der Waals surface area contributed by atoms with Crippen molar-refractivity contribution in [3.63, 3.8) is 0 Å². The summed E-state index contributed by atoms with van der Waals surface area (Å²) in [6.45, 7) is 0.563. The Morgan fingerprint density at radius 1 is 0.906 bits per heavy atom. The second kappa shape index (κ2) is 9.39. The summed E-state index contributed by atoms with van der Waals surface area (Å²) in [5.74, 6) is 0.819. The van der Waals surface area contributed by atoms with E-state index in [1.54, 1.807) is 43.7 Å². The average molecular weight is 428 g/mol. The van der Waals surface area contributed by atoms with Gasteiger partial charge in [0.25, 0.3) is 5.56 Å². The fourth-order valence-electron chi connectivity index (χ4n) is 3.69. The van der Waals surface area contributed by atoms with Gasteiger partial charge in [0.15, 0.2) is 11.5 Å². The van der Waals surface area contributed by atoms with E-state index in [0.29, 0.717) is 40.1 Å². The van der Waals surface area contributed by atoms with Crippen LogP contribution in [-0.4, -0.2) is 36.7 Å². The molecule has 4 aromatic rings. The lowest BCUT2D eigenvalue weighted by atomic mass is 10.1. The minimum absolute atomic E-state index is 0.176. The fraction of sp³-hybridized carbons (Fsp3) is 0.154. The first-order chi connectivity index (χ1) is 15.6. The van der Waals surface area contributed by atoms with Crippen molar-refractivity contribution in [1.29, 1.82) is 0 Å². The third kappa shape index (κ3) is 4.07. The molecular formula is C26H24N2O4. The van der Waals surface area contributed by atoms with E-state index >= 15 is 0 Å². The Kier molecular flexibility index (Phi) is 6.22. The maximum Gasteiger partial charge on any atom is 0.265 e. The number of aliphatic imine (C=N–C) groups is 1. The van der Waals surface area contributed by atoms with E-state index in [9.17, 15) is 9.90 Å². The molecule has 0 atom stereocenters. The number of hydrogen-bond acceptors (Lipinski definition) is 5. The number of fused-ring (bicyclic) bond motifs is 1. The van der Waals surface area contributed by atoms with Gasteiger partial charge in [-0.05, 0) is 30.2 Å². The second-order valence-corrected chi connectivity index (χ2v) is 7.23. The average Bonchev–Trinajstić information content (AvgIpc) is 2.84. The number of aromatic hydroxyl groups is 1. The van der Waals surface area contributed by atoms with E-state index in [4.69, 9.17) is 9.47 Å². The van der Waals surface area contributed by atoms with Crippen LogP contribution in [0.5, 0.6) is 17.4 Å². The molecule has 0 radical (unpaired) electrons. The Bertz CT molecular complexity index is 1330. The lowest BCUT2D eigenvalue weighted by Gasteiger charge is -2.15. The molecule has 0 aliphatic rings. The lowest BCUT2D eigenvalue weighted by molar-refractivity contribution is 0.354. The minimum Gasteiger partial charge on any atom is -0.494 e. The first kappa shape index (κ1) is 21.2. The minimum atomic E-state index is -0.327. The third-order valence-corrected chi connectivity index (χ3v) is 5.32. The van der Waals surface area contributed by atoms with Gasteiger partial charge in [-0.3, -0.25) is 9.79 Å². The lowest BCUT2D eigenvalue weighted by Crippen LogP contribution is -2.20. The normalized spacial score (nSPS) is 11.2. The number of rotatable bonds is 7. The van der Waals surface area contributed by atoms with Crippen LogP contribution in [0.2, 0.25) is 0 Å². The molecule has 0 bridgehead atoms. The zero-order valence-electron chi connectivity index (χ0n) is 18.0. The van der Waals surface area contributed by atoms with Crippen LogP contribution in [0.15, 0.2) is 82.6 Å². The molecule has 1 heterocycles. The van der Waals surface area contributed by atoms with Crippen LogP contribution in [0.3, 0.4) is 0 Å². The van der Waals surface area contributed by atoms with Gasteiger partial charge in [-0.15, -0.1) is 0 Å². The van der Waals surface area contributed by atoms with Gasteiger partial charge < -0.3 is 14.6 Å². The predicted molar refractivity (Wildman–Crippen MR) is 127 cm³/mol. The van der Waals surface area contributed by atoms with Crippen molar-refractivity contribution in [2.24, 2.45) is 4.99 Å². The standard InChI is InChI=1S/C26H24N2O4/c1-31-23-13-12-19(16-24(23)32-2)28-25(29)21-11-7-6-10-20(21)22(26(28)30)17-27-15-14-18-8-4-3-5-9-18/h3-13,16-17,30H,14-15H2,1-2H3. The molecule has 1 N–H and O–H groups in total. The van der Waals surface area contributed by atoms with Crippen molar-refractivity contribution in [1.82, 2.24) is 4.57 Å². The summed E-state index contributed by atoms with van der Waals surface area (Å²) in [5, 5.41) is 12.3. The van der Waals surface area contributed by atoms with Crippen molar-refractivity contribution >= 4 is 17.0 Å². The quantitative estimate of drug-likeness (QED) is 0.444. The first-order valence-corrected chi connectivity index (χ1v) is 10.3. The first-order valence-electron chi connectivity index (χ1n) is 10.3. The molecule has 0 aliphatic heterocycles. The van der Waals surface area contributed by atoms with E-state index in [2.05, 4.69) is 17.1 Å². The van der Waals surface area contributed by atoms with Crippen LogP contribution in [0.1, 0.15) is 11.1 Å². The van der Waals surface area contributed by atoms with Gasteiger partial charge in [-0.25, -0.2) is 4.57 Å². The smallest absolute Gasteiger partial charge is 0.265 e. The number of hydrogen-bond donors (Lipinski definition) is 1. The van der Waals surface area contributed by atoms with E-state index in [-0.39, 0.29) is 11.4 Å². The summed E-state index contributed by atoms with van der Waals surface area (Å²) in [4.78, 5) is 17.8. The number of ether oxygens (including phenoxy) is 2. The molecule has 0 amide bonds. The highest BCUT2D eigenvalue weighted by atomic mass is 16.5. The van der Waals surface area contributed by atoms with Crippen molar-refractivity contribution in [2.45, 2.75) is 6.42 Å². The number of nitrogens with zero attached hydrogens (tertiary/aromatic N) is 2. The molecule has 0 fully saturated rings. The molecule has 4 rings (SSSR count). The molecule has 0 saturated heterocycles. The van der Waals surface area contributed by atoms with Gasteiger partial charge in [0, 0.05) is 29.6 Å². The molecule has 1 aromatic heterocycles. The van der Waals surface area contributed by atoms with Gasteiger partial charge in [0.05, 0.1) is 25.5 Å². The molecule has 3 aromatic carbocycles. The second-order valence-electron chi connectivity index (χ2n) is 7.23. The van der Waals surface area contributed by atoms with Crippen LogP contribution in [0.4, 0.5) is 0 Å². The zero-order chi connectivity index (χ0) is 22.5. The highest BCUT2D eigenvalue weighted by Crippen LogP contribution is 2.32. The molecule has 32 heavy (non-hydrogen) atoms. The summed E-state index contributed by atoms with van der Waals surface area (Å²) in [5.41, 5.74) is 1.82. The monoisotopic (exact) mass is 428 g/mol.